The Kier molecular flexibility index (Phi) is 7.85. The molecule has 2 nitrogen and oxygen atoms in total. The summed E-state index contributed by atoms with van der Waals surface area (Å²) >= 11 is 0. The van der Waals surface area contributed by atoms with Crippen molar-refractivity contribution >= 4 is 49.6 Å². The minimum Gasteiger partial charge on any atom is -0.309 e. The Morgan fingerprint density at radius 2 is 0.796 bits per heavy atom. The smallest absolute Gasteiger partial charge is 0.0562 e. The standard InChI is InChI=1S/C52H36N2/c1-3-19-37(20-4-1)40-25-9-10-28-43(40)44-29-12-15-32-48(44)54-49-33-16-13-30-45(49)52-50(35-18-36-51(52)54)53(47-34-17-24-39-23-7-8-26-42(39)47)46-31-14-11-27-41(46)38-21-5-2-6-22-38/h1-36H. The van der Waals surface area contributed by atoms with Crippen LogP contribution in [-0.4, -0.2) is 4.57 Å². The molecular formula is C52H36N2. The molecular weight excluding hydrogens is 653 g/mol. The van der Waals surface area contributed by atoms with E-state index in [4.69, 9.17) is 0 Å². The molecule has 10 aromatic rings. The SMILES string of the molecule is c1ccc(-c2ccccc2-c2ccccc2-n2c3ccccc3c3c(N(c4ccccc4-c4ccccc4)c4cccc5ccccc45)cccc32)cc1. The van der Waals surface area contributed by atoms with Crippen molar-refractivity contribution in [2.75, 3.05) is 4.90 Å². The normalized spacial score (nSPS) is 11.3. The topological polar surface area (TPSA) is 8.17 Å². The lowest BCUT2D eigenvalue weighted by molar-refractivity contribution is 1.18. The van der Waals surface area contributed by atoms with Crippen molar-refractivity contribution in [1.29, 1.82) is 0 Å². The van der Waals surface area contributed by atoms with Crippen molar-refractivity contribution in [3.8, 4) is 39.1 Å². The summed E-state index contributed by atoms with van der Waals surface area (Å²) in [5, 5.41) is 4.82. The van der Waals surface area contributed by atoms with Crippen molar-refractivity contribution in [2.24, 2.45) is 0 Å². The number of hydrogen-bond acceptors (Lipinski definition) is 1. The van der Waals surface area contributed by atoms with Crippen LogP contribution in [0.25, 0.3) is 71.6 Å². The first-order valence-corrected chi connectivity index (χ1v) is 18.5. The van der Waals surface area contributed by atoms with Gasteiger partial charge >= 0.3 is 0 Å². The van der Waals surface area contributed by atoms with Crippen LogP contribution in [-0.2, 0) is 0 Å². The summed E-state index contributed by atoms with van der Waals surface area (Å²) in [5.41, 5.74) is 14.0. The Morgan fingerprint density at radius 1 is 0.296 bits per heavy atom. The van der Waals surface area contributed by atoms with Crippen LogP contribution in [0.5, 0.6) is 0 Å². The van der Waals surface area contributed by atoms with Crippen LogP contribution in [0.2, 0.25) is 0 Å². The Balaban J connectivity index is 1.28. The fraction of sp³-hybridized carbons (Fsp3) is 0. The average molecular weight is 689 g/mol. The third kappa shape index (κ3) is 5.27. The van der Waals surface area contributed by atoms with Gasteiger partial charge in [-0.25, -0.2) is 0 Å². The summed E-state index contributed by atoms with van der Waals surface area (Å²) < 4.78 is 2.47. The molecule has 0 N–H and O–H groups in total. The van der Waals surface area contributed by atoms with Gasteiger partial charge in [0, 0.05) is 27.3 Å². The molecule has 10 rings (SSSR count). The average Bonchev–Trinajstić information content (AvgIpc) is 3.59. The molecule has 0 bridgehead atoms. The van der Waals surface area contributed by atoms with Crippen LogP contribution < -0.4 is 4.90 Å². The summed E-state index contributed by atoms with van der Waals surface area (Å²) in [4.78, 5) is 2.49. The van der Waals surface area contributed by atoms with Gasteiger partial charge in [-0.05, 0) is 64.0 Å². The highest BCUT2D eigenvalue weighted by Gasteiger charge is 2.25. The molecule has 0 radical (unpaired) electrons. The fourth-order valence-corrected chi connectivity index (χ4v) is 8.25. The van der Waals surface area contributed by atoms with E-state index in [1.807, 2.05) is 0 Å². The number of benzene rings is 9. The van der Waals surface area contributed by atoms with Crippen molar-refractivity contribution in [1.82, 2.24) is 4.57 Å². The summed E-state index contributed by atoms with van der Waals surface area (Å²) in [7, 11) is 0. The molecule has 2 heteroatoms. The zero-order chi connectivity index (χ0) is 35.8. The van der Waals surface area contributed by atoms with Gasteiger partial charge in [0.2, 0.25) is 0 Å². The number of hydrogen-bond donors (Lipinski definition) is 0. The number of para-hydroxylation sites is 3. The number of nitrogens with zero attached hydrogens (tertiary/aromatic N) is 2. The van der Waals surface area contributed by atoms with Crippen molar-refractivity contribution in [3.63, 3.8) is 0 Å². The first kappa shape index (κ1) is 31.6. The predicted octanol–water partition coefficient (Wildman–Crippen LogP) is 14.4. The van der Waals surface area contributed by atoms with Crippen molar-refractivity contribution in [3.05, 3.63) is 218 Å². The molecule has 1 aromatic heterocycles. The van der Waals surface area contributed by atoms with Crippen molar-refractivity contribution in [2.45, 2.75) is 0 Å². The van der Waals surface area contributed by atoms with Crippen LogP contribution in [0.3, 0.4) is 0 Å². The molecule has 0 amide bonds. The van der Waals surface area contributed by atoms with E-state index in [0.29, 0.717) is 0 Å². The van der Waals surface area contributed by atoms with Gasteiger partial charge in [0.1, 0.15) is 0 Å². The van der Waals surface area contributed by atoms with E-state index < -0.39 is 0 Å². The molecule has 0 saturated carbocycles. The van der Waals surface area contributed by atoms with Crippen LogP contribution >= 0.6 is 0 Å². The highest BCUT2D eigenvalue weighted by atomic mass is 15.2. The number of rotatable bonds is 7. The van der Waals surface area contributed by atoms with Gasteiger partial charge in [-0.3, -0.25) is 0 Å². The maximum absolute atomic E-state index is 2.49. The van der Waals surface area contributed by atoms with E-state index in [-0.39, 0.29) is 0 Å². The molecule has 254 valence electrons. The maximum Gasteiger partial charge on any atom is 0.0562 e. The highest BCUT2D eigenvalue weighted by molar-refractivity contribution is 6.18. The zero-order valence-corrected chi connectivity index (χ0v) is 29.7. The van der Waals surface area contributed by atoms with Gasteiger partial charge in [0.25, 0.3) is 0 Å². The molecule has 0 atom stereocenters. The molecule has 0 aliphatic carbocycles. The molecule has 0 unspecified atom stereocenters. The molecule has 0 saturated heterocycles. The minimum atomic E-state index is 1.13. The summed E-state index contributed by atoms with van der Waals surface area (Å²) in [5.74, 6) is 0. The molecule has 54 heavy (non-hydrogen) atoms. The number of aromatic nitrogens is 1. The molecule has 0 aliphatic heterocycles. The summed E-state index contributed by atoms with van der Waals surface area (Å²) in [6, 6.07) is 78.9. The van der Waals surface area contributed by atoms with Gasteiger partial charge in [0.05, 0.1) is 33.8 Å². The van der Waals surface area contributed by atoms with E-state index in [1.165, 1.54) is 60.4 Å². The fourth-order valence-electron chi connectivity index (χ4n) is 8.25. The van der Waals surface area contributed by atoms with E-state index in [1.54, 1.807) is 0 Å². The Bertz CT molecular complexity index is 2930. The van der Waals surface area contributed by atoms with Crippen molar-refractivity contribution < 1.29 is 0 Å². The third-order valence-electron chi connectivity index (χ3n) is 10.6. The molecule has 0 aliphatic rings. The number of anilines is 3. The first-order chi connectivity index (χ1) is 26.8. The first-order valence-electron chi connectivity index (χ1n) is 18.5. The van der Waals surface area contributed by atoms with Gasteiger partial charge in [-0.1, -0.05) is 182 Å². The summed E-state index contributed by atoms with van der Waals surface area (Å²) in [6.07, 6.45) is 0. The van der Waals surface area contributed by atoms with Crippen LogP contribution in [0, 0.1) is 0 Å². The van der Waals surface area contributed by atoms with E-state index in [2.05, 4.69) is 228 Å². The van der Waals surface area contributed by atoms with E-state index in [9.17, 15) is 0 Å². The van der Waals surface area contributed by atoms with Gasteiger partial charge < -0.3 is 9.47 Å². The van der Waals surface area contributed by atoms with Crippen LogP contribution in [0.1, 0.15) is 0 Å². The Morgan fingerprint density at radius 3 is 1.59 bits per heavy atom. The number of fused-ring (bicyclic) bond motifs is 4. The zero-order valence-electron chi connectivity index (χ0n) is 29.7. The highest BCUT2D eigenvalue weighted by Crippen LogP contribution is 2.48. The molecule has 9 aromatic carbocycles. The third-order valence-corrected chi connectivity index (χ3v) is 10.6. The van der Waals surface area contributed by atoms with Gasteiger partial charge in [-0.15, -0.1) is 0 Å². The van der Waals surface area contributed by atoms with Crippen LogP contribution in [0.15, 0.2) is 218 Å². The molecule has 0 spiro atoms. The second-order valence-corrected chi connectivity index (χ2v) is 13.7. The van der Waals surface area contributed by atoms with E-state index >= 15 is 0 Å². The largest absolute Gasteiger partial charge is 0.309 e. The maximum atomic E-state index is 2.49. The van der Waals surface area contributed by atoms with Crippen LogP contribution in [0.4, 0.5) is 17.1 Å². The monoisotopic (exact) mass is 688 g/mol. The van der Waals surface area contributed by atoms with E-state index in [0.717, 1.165) is 28.3 Å². The molecule has 1 heterocycles. The molecule has 0 fully saturated rings. The second kappa shape index (κ2) is 13.4. The van der Waals surface area contributed by atoms with Gasteiger partial charge in [0.15, 0.2) is 0 Å². The lowest BCUT2D eigenvalue weighted by Gasteiger charge is -2.30. The quantitative estimate of drug-likeness (QED) is 0.162. The minimum absolute atomic E-state index is 1.13. The Labute approximate surface area is 315 Å². The Hall–Kier alpha value is -7.16. The summed E-state index contributed by atoms with van der Waals surface area (Å²) in [6.45, 7) is 0. The lowest BCUT2D eigenvalue weighted by Crippen LogP contribution is -2.12. The predicted molar refractivity (Wildman–Crippen MR) is 229 cm³/mol. The lowest BCUT2D eigenvalue weighted by atomic mass is 9.93. The van der Waals surface area contributed by atoms with Gasteiger partial charge in [-0.2, -0.15) is 0 Å². The second-order valence-electron chi connectivity index (χ2n) is 13.7.